The van der Waals surface area contributed by atoms with Crippen LogP contribution >= 0.6 is 0 Å². The van der Waals surface area contributed by atoms with Crippen molar-refractivity contribution in [3.63, 3.8) is 0 Å². The Morgan fingerprint density at radius 2 is 2.33 bits per heavy atom. The predicted octanol–water partition coefficient (Wildman–Crippen LogP) is 2.74. The molecule has 1 aliphatic rings. The molecule has 0 amide bonds. The van der Waals surface area contributed by atoms with Crippen LogP contribution in [0.5, 0.6) is 0 Å². The van der Waals surface area contributed by atoms with Crippen LogP contribution in [0, 0.1) is 23.0 Å². The molecule has 0 bridgehead atoms. The summed E-state index contributed by atoms with van der Waals surface area (Å²) in [4.78, 5) is 10.5. The first-order valence-electron chi connectivity index (χ1n) is 6.18. The van der Waals surface area contributed by atoms with Crippen LogP contribution in [0.1, 0.15) is 18.9 Å². The molecule has 1 saturated heterocycles. The van der Waals surface area contributed by atoms with Gasteiger partial charge in [-0.25, -0.2) is 0 Å². The summed E-state index contributed by atoms with van der Waals surface area (Å²) in [6, 6.07) is 5.39. The molecule has 1 fully saturated rings. The summed E-state index contributed by atoms with van der Waals surface area (Å²) in [7, 11) is 0. The Morgan fingerprint density at radius 1 is 1.56 bits per heavy atom. The zero-order valence-corrected chi connectivity index (χ0v) is 10.7. The first-order chi connectivity index (χ1) is 8.59. The van der Waals surface area contributed by atoms with E-state index in [1.807, 2.05) is 6.07 Å². The third-order valence-electron chi connectivity index (χ3n) is 3.56. The van der Waals surface area contributed by atoms with Crippen LogP contribution in [0.2, 0.25) is 0 Å². The Balaban J connectivity index is 2.13. The van der Waals surface area contributed by atoms with Crippen LogP contribution in [-0.2, 0) is 4.74 Å². The maximum Gasteiger partial charge on any atom is 0.274 e. The van der Waals surface area contributed by atoms with Crippen LogP contribution in [-0.4, -0.2) is 24.2 Å². The largest absolute Gasteiger partial charge is 0.382 e. The number of nitrogens with one attached hydrogen (secondary N) is 1. The maximum absolute atomic E-state index is 10.9. The van der Waals surface area contributed by atoms with Gasteiger partial charge in [-0.15, -0.1) is 0 Å². The molecular formula is C13H18N2O3. The fourth-order valence-corrected chi connectivity index (χ4v) is 2.29. The molecule has 18 heavy (non-hydrogen) atoms. The molecule has 5 nitrogen and oxygen atoms in total. The van der Waals surface area contributed by atoms with Crippen molar-refractivity contribution >= 4 is 11.4 Å². The number of nitrogens with zero attached hydrogens (tertiary/aromatic N) is 1. The summed E-state index contributed by atoms with van der Waals surface area (Å²) in [5.74, 6) is 0.476. The number of nitro groups is 1. The van der Waals surface area contributed by atoms with Crippen LogP contribution in [0.4, 0.5) is 11.4 Å². The van der Waals surface area contributed by atoms with E-state index in [0.29, 0.717) is 11.5 Å². The molecule has 0 aliphatic carbocycles. The van der Waals surface area contributed by atoms with Gasteiger partial charge in [0.25, 0.3) is 5.69 Å². The fourth-order valence-electron chi connectivity index (χ4n) is 2.29. The van der Waals surface area contributed by atoms with Crippen LogP contribution in [0.3, 0.4) is 0 Å². The molecular weight excluding hydrogens is 232 g/mol. The standard InChI is InChI=1S/C13H18N2O3/c1-9-12(4-3-5-13(9)15(16)17)14-10(2)11-6-7-18-8-11/h3-5,10-11,14H,6-8H2,1-2H3. The molecule has 1 aromatic carbocycles. The van der Waals surface area contributed by atoms with Crippen molar-refractivity contribution in [2.45, 2.75) is 26.3 Å². The maximum atomic E-state index is 10.9. The van der Waals surface area contributed by atoms with Crippen LogP contribution in [0.25, 0.3) is 0 Å². The van der Waals surface area contributed by atoms with Crippen molar-refractivity contribution in [1.29, 1.82) is 0 Å². The molecule has 0 aromatic heterocycles. The summed E-state index contributed by atoms with van der Waals surface area (Å²) < 4.78 is 5.36. The summed E-state index contributed by atoms with van der Waals surface area (Å²) in [6.45, 7) is 5.45. The topological polar surface area (TPSA) is 64.4 Å². The SMILES string of the molecule is Cc1c(NC(C)C2CCOC2)cccc1[N+](=O)[O-]. The highest BCUT2D eigenvalue weighted by Gasteiger charge is 2.23. The Kier molecular flexibility index (Phi) is 3.81. The number of benzene rings is 1. The van der Waals surface area contributed by atoms with Crippen molar-refractivity contribution in [1.82, 2.24) is 0 Å². The molecule has 2 unspecified atom stereocenters. The van der Waals surface area contributed by atoms with E-state index < -0.39 is 0 Å². The van der Waals surface area contributed by atoms with Gasteiger partial charge in [0.05, 0.1) is 11.5 Å². The average molecular weight is 250 g/mol. The van der Waals surface area contributed by atoms with E-state index >= 15 is 0 Å². The molecule has 1 aromatic rings. The summed E-state index contributed by atoms with van der Waals surface area (Å²) in [5, 5.41) is 14.2. The lowest BCUT2D eigenvalue weighted by Gasteiger charge is -2.21. The highest BCUT2D eigenvalue weighted by molar-refractivity contribution is 5.60. The Bertz CT molecular complexity index is 442. The van der Waals surface area contributed by atoms with Gasteiger partial charge in [0.2, 0.25) is 0 Å². The molecule has 1 aliphatic heterocycles. The van der Waals surface area contributed by atoms with Crippen molar-refractivity contribution in [3.05, 3.63) is 33.9 Å². The minimum Gasteiger partial charge on any atom is -0.382 e. The van der Waals surface area contributed by atoms with E-state index in [2.05, 4.69) is 12.2 Å². The summed E-state index contributed by atoms with van der Waals surface area (Å²) in [5.41, 5.74) is 1.69. The van der Waals surface area contributed by atoms with E-state index in [1.54, 1.807) is 13.0 Å². The first kappa shape index (κ1) is 12.8. The van der Waals surface area contributed by atoms with E-state index in [9.17, 15) is 10.1 Å². The fraction of sp³-hybridized carbons (Fsp3) is 0.538. The summed E-state index contributed by atoms with van der Waals surface area (Å²) in [6.07, 6.45) is 1.04. The molecule has 5 heteroatoms. The molecule has 0 radical (unpaired) electrons. The van der Waals surface area contributed by atoms with Crippen molar-refractivity contribution < 1.29 is 9.66 Å². The highest BCUT2D eigenvalue weighted by atomic mass is 16.6. The van der Waals surface area contributed by atoms with Gasteiger partial charge in [-0.2, -0.15) is 0 Å². The van der Waals surface area contributed by atoms with Gasteiger partial charge >= 0.3 is 0 Å². The Hall–Kier alpha value is -1.62. The monoisotopic (exact) mass is 250 g/mol. The minimum absolute atomic E-state index is 0.162. The second-order valence-corrected chi connectivity index (χ2v) is 4.76. The van der Waals surface area contributed by atoms with Gasteiger partial charge in [-0.1, -0.05) is 6.07 Å². The van der Waals surface area contributed by atoms with E-state index in [0.717, 1.165) is 25.3 Å². The van der Waals surface area contributed by atoms with E-state index in [-0.39, 0.29) is 16.7 Å². The van der Waals surface area contributed by atoms with Gasteiger partial charge in [-0.05, 0) is 26.3 Å². The Labute approximate surface area is 106 Å². The third kappa shape index (κ3) is 2.61. The number of anilines is 1. The lowest BCUT2D eigenvalue weighted by atomic mass is 10.00. The molecule has 1 N–H and O–H groups in total. The number of nitro benzene ring substituents is 1. The van der Waals surface area contributed by atoms with Crippen molar-refractivity contribution in [2.24, 2.45) is 5.92 Å². The lowest BCUT2D eigenvalue weighted by Crippen LogP contribution is -2.26. The second kappa shape index (κ2) is 5.35. The molecule has 0 spiro atoms. The number of rotatable bonds is 4. The quantitative estimate of drug-likeness (QED) is 0.659. The number of hydrogen-bond donors (Lipinski definition) is 1. The third-order valence-corrected chi connectivity index (χ3v) is 3.56. The molecule has 98 valence electrons. The molecule has 2 rings (SSSR count). The average Bonchev–Trinajstić information content (AvgIpc) is 2.85. The van der Waals surface area contributed by atoms with E-state index in [4.69, 9.17) is 4.74 Å². The smallest absolute Gasteiger partial charge is 0.274 e. The van der Waals surface area contributed by atoms with Gasteiger partial charge in [0.1, 0.15) is 0 Å². The molecule has 1 heterocycles. The normalized spacial score (nSPS) is 20.7. The van der Waals surface area contributed by atoms with Gasteiger partial charge < -0.3 is 10.1 Å². The number of ether oxygens (including phenoxy) is 1. The van der Waals surface area contributed by atoms with E-state index in [1.165, 1.54) is 6.07 Å². The van der Waals surface area contributed by atoms with Crippen molar-refractivity contribution in [3.8, 4) is 0 Å². The van der Waals surface area contributed by atoms with Crippen LogP contribution in [0.15, 0.2) is 18.2 Å². The Morgan fingerprint density at radius 3 is 2.94 bits per heavy atom. The predicted molar refractivity (Wildman–Crippen MR) is 69.8 cm³/mol. The minimum atomic E-state index is -0.343. The van der Waals surface area contributed by atoms with Gasteiger partial charge in [0.15, 0.2) is 0 Å². The highest BCUT2D eigenvalue weighted by Crippen LogP contribution is 2.27. The zero-order valence-electron chi connectivity index (χ0n) is 10.7. The number of hydrogen-bond acceptors (Lipinski definition) is 4. The van der Waals surface area contributed by atoms with Gasteiger partial charge in [0, 0.05) is 35.9 Å². The first-order valence-corrected chi connectivity index (χ1v) is 6.18. The lowest BCUT2D eigenvalue weighted by molar-refractivity contribution is -0.385. The second-order valence-electron chi connectivity index (χ2n) is 4.76. The molecule has 2 atom stereocenters. The van der Waals surface area contributed by atoms with Crippen molar-refractivity contribution in [2.75, 3.05) is 18.5 Å². The van der Waals surface area contributed by atoms with Gasteiger partial charge in [-0.3, -0.25) is 10.1 Å². The summed E-state index contributed by atoms with van der Waals surface area (Å²) >= 11 is 0. The zero-order chi connectivity index (χ0) is 13.1. The molecule has 0 saturated carbocycles. The van der Waals surface area contributed by atoms with Crippen LogP contribution < -0.4 is 5.32 Å².